The molecule has 1 N–H and O–H groups in total. The molecule has 1 aliphatic rings. The van der Waals surface area contributed by atoms with Gasteiger partial charge in [0.2, 0.25) is 0 Å². The standard InChI is InChI=1S/C16H22Cl2O2/c1-11-5-4-8-16(10-11,20-2)15(19)9-12-13(17)6-3-7-14(12)18/h3,6-7,11,15,19H,4-5,8-10H2,1-2H3. The molecular weight excluding hydrogens is 295 g/mol. The molecule has 0 radical (unpaired) electrons. The SMILES string of the molecule is COC1(C(O)Cc2c(Cl)cccc2Cl)CCCC(C)C1. The third-order valence-corrected chi connectivity index (χ3v) is 5.17. The third kappa shape index (κ3) is 3.30. The van der Waals surface area contributed by atoms with E-state index in [1.165, 1.54) is 6.42 Å². The molecule has 0 aromatic heterocycles. The molecule has 0 saturated heterocycles. The molecule has 1 aromatic carbocycles. The summed E-state index contributed by atoms with van der Waals surface area (Å²) in [5.41, 5.74) is 0.332. The molecule has 1 saturated carbocycles. The van der Waals surface area contributed by atoms with Crippen molar-refractivity contribution in [3.05, 3.63) is 33.8 Å². The summed E-state index contributed by atoms with van der Waals surface area (Å²) in [4.78, 5) is 0. The van der Waals surface area contributed by atoms with E-state index in [9.17, 15) is 5.11 Å². The van der Waals surface area contributed by atoms with Gasteiger partial charge in [0.25, 0.3) is 0 Å². The molecule has 0 spiro atoms. The van der Waals surface area contributed by atoms with Gasteiger partial charge in [-0.3, -0.25) is 0 Å². The van der Waals surface area contributed by atoms with Crippen molar-refractivity contribution in [3.8, 4) is 0 Å². The average molecular weight is 317 g/mol. The van der Waals surface area contributed by atoms with Crippen molar-refractivity contribution < 1.29 is 9.84 Å². The van der Waals surface area contributed by atoms with E-state index in [0.29, 0.717) is 22.4 Å². The van der Waals surface area contributed by atoms with Gasteiger partial charge >= 0.3 is 0 Å². The second-order valence-corrected chi connectivity index (χ2v) is 6.70. The van der Waals surface area contributed by atoms with Crippen LogP contribution in [-0.2, 0) is 11.2 Å². The summed E-state index contributed by atoms with van der Waals surface area (Å²) in [5.74, 6) is 0.570. The number of aliphatic hydroxyl groups is 1. The lowest BCUT2D eigenvalue weighted by molar-refractivity contribution is -0.131. The van der Waals surface area contributed by atoms with Crippen LogP contribution >= 0.6 is 23.2 Å². The molecule has 4 heteroatoms. The van der Waals surface area contributed by atoms with Crippen LogP contribution in [0.1, 0.15) is 38.2 Å². The van der Waals surface area contributed by atoms with Crippen molar-refractivity contribution in [3.63, 3.8) is 0 Å². The first-order valence-corrected chi connectivity index (χ1v) is 7.90. The first-order valence-electron chi connectivity index (χ1n) is 7.14. The Hall–Kier alpha value is -0.280. The first-order chi connectivity index (χ1) is 9.48. The van der Waals surface area contributed by atoms with Gasteiger partial charge in [-0.2, -0.15) is 0 Å². The summed E-state index contributed by atoms with van der Waals surface area (Å²) < 4.78 is 5.73. The molecule has 112 valence electrons. The number of halogens is 2. The topological polar surface area (TPSA) is 29.5 Å². The number of hydrogen-bond donors (Lipinski definition) is 1. The molecule has 3 unspecified atom stereocenters. The number of ether oxygens (including phenoxy) is 1. The Morgan fingerprint density at radius 3 is 2.60 bits per heavy atom. The molecule has 0 aliphatic heterocycles. The van der Waals surface area contributed by atoms with Crippen LogP contribution in [0.2, 0.25) is 10.0 Å². The summed E-state index contributed by atoms with van der Waals surface area (Å²) in [6.07, 6.45) is 3.89. The summed E-state index contributed by atoms with van der Waals surface area (Å²) in [5, 5.41) is 11.9. The van der Waals surface area contributed by atoms with Crippen molar-refractivity contribution in [1.82, 2.24) is 0 Å². The van der Waals surface area contributed by atoms with Crippen LogP contribution in [0.15, 0.2) is 18.2 Å². The quantitative estimate of drug-likeness (QED) is 0.886. The van der Waals surface area contributed by atoms with E-state index < -0.39 is 11.7 Å². The Morgan fingerprint density at radius 2 is 2.05 bits per heavy atom. The van der Waals surface area contributed by atoms with Gasteiger partial charge in [0.05, 0.1) is 11.7 Å². The summed E-state index contributed by atoms with van der Waals surface area (Å²) in [6, 6.07) is 5.42. The molecule has 20 heavy (non-hydrogen) atoms. The molecular formula is C16H22Cl2O2. The Labute approximate surface area is 131 Å². The monoisotopic (exact) mass is 316 g/mol. The van der Waals surface area contributed by atoms with E-state index in [-0.39, 0.29) is 0 Å². The lowest BCUT2D eigenvalue weighted by Gasteiger charge is -2.42. The fraction of sp³-hybridized carbons (Fsp3) is 0.625. The minimum Gasteiger partial charge on any atom is -0.390 e. The lowest BCUT2D eigenvalue weighted by Crippen LogP contribution is -2.48. The Morgan fingerprint density at radius 1 is 1.40 bits per heavy atom. The van der Waals surface area contributed by atoms with Crippen molar-refractivity contribution in [2.75, 3.05) is 7.11 Å². The van der Waals surface area contributed by atoms with Gasteiger partial charge in [-0.1, -0.05) is 49.0 Å². The van der Waals surface area contributed by atoms with Crippen molar-refractivity contribution >= 4 is 23.2 Å². The maximum Gasteiger partial charge on any atom is 0.0942 e. The molecule has 1 aliphatic carbocycles. The molecule has 0 heterocycles. The zero-order chi connectivity index (χ0) is 14.8. The van der Waals surface area contributed by atoms with Gasteiger partial charge in [-0.25, -0.2) is 0 Å². The van der Waals surface area contributed by atoms with E-state index in [1.807, 2.05) is 6.07 Å². The van der Waals surface area contributed by atoms with Crippen LogP contribution in [0.5, 0.6) is 0 Å². The Balaban J connectivity index is 2.19. The molecule has 2 nitrogen and oxygen atoms in total. The van der Waals surface area contributed by atoms with E-state index in [2.05, 4.69) is 6.92 Å². The molecule has 3 atom stereocenters. The number of benzene rings is 1. The van der Waals surface area contributed by atoms with E-state index >= 15 is 0 Å². The minimum absolute atomic E-state index is 0.430. The van der Waals surface area contributed by atoms with Crippen LogP contribution in [0.3, 0.4) is 0 Å². The van der Waals surface area contributed by atoms with E-state index in [0.717, 1.165) is 24.8 Å². The fourth-order valence-electron chi connectivity index (χ4n) is 3.27. The maximum absolute atomic E-state index is 10.7. The van der Waals surface area contributed by atoms with Crippen LogP contribution < -0.4 is 0 Å². The minimum atomic E-state index is -0.590. The van der Waals surface area contributed by atoms with Crippen molar-refractivity contribution in [2.24, 2.45) is 5.92 Å². The molecule has 2 rings (SSSR count). The number of rotatable bonds is 4. The second kappa shape index (κ2) is 6.65. The molecule has 0 bridgehead atoms. The van der Waals surface area contributed by atoms with Gasteiger partial charge in [-0.05, 0) is 36.5 Å². The predicted molar refractivity (Wildman–Crippen MR) is 83.5 cm³/mol. The van der Waals surface area contributed by atoms with Crippen LogP contribution in [0.25, 0.3) is 0 Å². The number of hydrogen-bond acceptors (Lipinski definition) is 2. The molecule has 0 amide bonds. The Bertz CT molecular complexity index is 444. The van der Waals surface area contributed by atoms with E-state index in [4.69, 9.17) is 27.9 Å². The summed E-state index contributed by atoms with van der Waals surface area (Å²) in [6.45, 7) is 2.21. The number of methoxy groups -OCH3 is 1. The van der Waals surface area contributed by atoms with Crippen molar-refractivity contribution in [2.45, 2.75) is 50.7 Å². The Kier molecular flexibility index (Phi) is 5.36. The van der Waals surface area contributed by atoms with Gasteiger partial charge in [0, 0.05) is 23.6 Å². The third-order valence-electron chi connectivity index (χ3n) is 4.46. The van der Waals surface area contributed by atoms with Gasteiger partial charge in [0.15, 0.2) is 0 Å². The highest BCUT2D eigenvalue weighted by Crippen LogP contribution is 2.39. The second-order valence-electron chi connectivity index (χ2n) is 5.89. The normalized spacial score (nSPS) is 28.4. The average Bonchev–Trinajstić information content (AvgIpc) is 2.42. The first kappa shape index (κ1) is 16.1. The zero-order valence-corrected chi connectivity index (χ0v) is 13.5. The maximum atomic E-state index is 10.7. The highest BCUT2D eigenvalue weighted by Gasteiger charge is 2.41. The summed E-state index contributed by atoms with van der Waals surface area (Å²) in [7, 11) is 1.69. The zero-order valence-electron chi connectivity index (χ0n) is 12.0. The van der Waals surface area contributed by atoms with E-state index in [1.54, 1.807) is 19.2 Å². The molecule has 1 aromatic rings. The largest absolute Gasteiger partial charge is 0.390 e. The fourth-order valence-corrected chi connectivity index (χ4v) is 3.83. The van der Waals surface area contributed by atoms with Crippen molar-refractivity contribution in [1.29, 1.82) is 0 Å². The number of aliphatic hydroxyl groups excluding tert-OH is 1. The van der Waals surface area contributed by atoms with Gasteiger partial charge in [0.1, 0.15) is 0 Å². The highest BCUT2D eigenvalue weighted by atomic mass is 35.5. The van der Waals surface area contributed by atoms with Gasteiger partial charge in [-0.15, -0.1) is 0 Å². The van der Waals surface area contributed by atoms with Gasteiger partial charge < -0.3 is 9.84 Å². The molecule has 1 fully saturated rings. The van der Waals surface area contributed by atoms with Crippen LogP contribution in [0, 0.1) is 5.92 Å². The summed E-state index contributed by atoms with van der Waals surface area (Å²) >= 11 is 12.4. The predicted octanol–water partition coefficient (Wildman–Crippen LogP) is 4.49. The lowest BCUT2D eigenvalue weighted by atomic mass is 9.74. The smallest absolute Gasteiger partial charge is 0.0942 e. The van der Waals surface area contributed by atoms with Crippen LogP contribution in [-0.4, -0.2) is 23.9 Å². The van der Waals surface area contributed by atoms with Crippen LogP contribution in [0.4, 0.5) is 0 Å². The highest BCUT2D eigenvalue weighted by molar-refractivity contribution is 6.36.